The lowest BCUT2D eigenvalue weighted by molar-refractivity contribution is -0.179. The van der Waals surface area contributed by atoms with Crippen LogP contribution in [0.4, 0.5) is 0 Å². The Morgan fingerprint density at radius 2 is 1.93 bits per heavy atom. The third kappa shape index (κ3) is 2.73. The molecule has 2 heteroatoms. The van der Waals surface area contributed by atoms with E-state index in [2.05, 4.69) is 46.9 Å². The van der Waals surface area contributed by atoms with Crippen LogP contribution in [-0.2, 0) is 4.74 Å². The second-order valence-electron chi connectivity index (χ2n) is 5.89. The Labute approximate surface area is 94.8 Å². The molecule has 1 fully saturated rings. The Kier molecular flexibility index (Phi) is 3.83. The van der Waals surface area contributed by atoms with Gasteiger partial charge in [0.25, 0.3) is 0 Å². The lowest BCUT2D eigenvalue weighted by Crippen LogP contribution is -2.62. The molecule has 15 heavy (non-hydrogen) atoms. The van der Waals surface area contributed by atoms with Gasteiger partial charge < -0.3 is 10.1 Å². The molecule has 0 aromatic heterocycles. The first kappa shape index (κ1) is 13.0. The van der Waals surface area contributed by atoms with Gasteiger partial charge in [0.1, 0.15) is 0 Å². The van der Waals surface area contributed by atoms with Crippen molar-refractivity contribution in [2.24, 2.45) is 5.41 Å². The molecule has 2 unspecified atom stereocenters. The van der Waals surface area contributed by atoms with Crippen LogP contribution in [0.5, 0.6) is 0 Å². The quantitative estimate of drug-likeness (QED) is 0.758. The molecule has 0 aromatic carbocycles. The van der Waals surface area contributed by atoms with Crippen LogP contribution in [0, 0.1) is 5.41 Å². The fourth-order valence-electron chi connectivity index (χ4n) is 2.15. The van der Waals surface area contributed by atoms with Crippen molar-refractivity contribution in [1.29, 1.82) is 0 Å². The predicted octanol–water partition coefficient (Wildman–Crippen LogP) is 2.97. The molecule has 0 aliphatic heterocycles. The highest BCUT2D eigenvalue weighted by molar-refractivity contribution is 5.03. The smallest absolute Gasteiger partial charge is 0.0663 e. The van der Waals surface area contributed by atoms with E-state index in [0.29, 0.717) is 12.1 Å². The summed E-state index contributed by atoms with van der Waals surface area (Å²) in [5, 5.41) is 3.53. The highest BCUT2D eigenvalue weighted by atomic mass is 16.5. The monoisotopic (exact) mass is 213 g/mol. The average Bonchev–Trinajstić information content (AvgIpc) is 2.16. The zero-order chi connectivity index (χ0) is 11.7. The highest BCUT2D eigenvalue weighted by Crippen LogP contribution is 2.44. The van der Waals surface area contributed by atoms with Crippen LogP contribution in [0.25, 0.3) is 0 Å². The minimum Gasteiger partial charge on any atom is -0.372 e. The molecular formula is C13H27NO. The molecule has 1 N–H and O–H groups in total. The number of ether oxygens (including phenoxy) is 1. The summed E-state index contributed by atoms with van der Waals surface area (Å²) in [7, 11) is 0. The van der Waals surface area contributed by atoms with Gasteiger partial charge in [-0.3, -0.25) is 0 Å². The van der Waals surface area contributed by atoms with E-state index in [-0.39, 0.29) is 11.0 Å². The van der Waals surface area contributed by atoms with E-state index in [0.717, 1.165) is 19.4 Å². The molecule has 2 atom stereocenters. The summed E-state index contributed by atoms with van der Waals surface area (Å²) in [6.45, 7) is 14.4. The SMILES string of the molecule is CCNC1CC(OC(C)(C)CC)C1(C)C. The molecule has 1 saturated carbocycles. The van der Waals surface area contributed by atoms with Crippen LogP contribution in [0.1, 0.15) is 54.4 Å². The summed E-state index contributed by atoms with van der Waals surface area (Å²) in [5.74, 6) is 0. The molecule has 0 heterocycles. The van der Waals surface area contributed by atoms with E-state index < -0.39 is 0 Å². The van der Waals surface area contributed by atoms with E-state index in [9.17, 15) is 0 Å². The molecule has 0 aromatic rings. The molecule has 0 saturated heterocycles. The zero-order valence-electron chi connectivity index (χ0n) is 11.2. The van der Waals surface area contributed by atoms with Crippen LogP contribution in [0.3, 0.4) is 0 Å². The number of rotatable bonds is 5. The maximum atomic E-state index is 6.17. The van der Waals surface area contributed by atoms with Gasteiger partial charge in [-0.25, -0.2) is 0 Å². The van der Waals surface area contributed by atoms with Crippen LogP contribution >= 0.6 is 0 Å². The summed E-state index contributed by atoms with van der Waals surface area (Å²) in [6, 6.07) is 0.625. The summed E-state index contributed by atoms with van der Waals surface area (Å²) >= 11 is 0. The molecule has 1 aliphatic rings. The molecule has 1 aliphatic carbocycles. The topological polar surface area (TPSA) is 21.3 Å². The Morgan fingerprint density at radius 3 is 2.33 bits per heavy atom. The van der Waals surface area contributed by atoms with Crippen molar-refractivity contribution in [2.45, 2.75) is 72.1 Å². The Bertz CT molecular complexity index is 211. The lowest BCUT2D eigenvalue weighted by atomic mass is 9.64. The summed E-state index contributed by atoms with van der Waals surface area (Å²) in [5.41, 5.74) is 0.307. The highest BCUT2D eigenvalue weighted by Gasteiger charge is 2.49. The van der Waals surface area contributed by atoms with E-state index in [4.69, 9.17) is 4.74 Å². The second kappa shape index (κ2) is 4.42. The summed E-state index contributed by atoms with van der Waals surface area (Å²) in [6.07, 6.45) is 2.65. The molecule has 0 spiro atoms. The van der Waals surface area contributed by atoms with Crippen molar-refractivity contribution < 1.29 is 4.74 Å². The van der Waals surface area contributed by atoms with Crippen molar-refractivity contribution in [3.8, 4) is 0 Å². The molecule has 1 rings (SSSR count). The van der Waals surface area contributed by atoms with Gasteiger partial charge in [0, 0.05) is 11.5 Å². The number of nitrogens with one attached hydrogen (secondary N) is 1. The van der Waals surface area contributed by atoms with E-state index in [1.807, 2.05) is 0 Å². The van der Waals surface area contributed by atoms with Crippen molar-refractivity contribution in [2.75, 3.05) is 6.54 Å². The van der Waals surface area contributed by atoms with E-state index in [1.54, 1.807) is 0 Å². The minimum atomic E-state index is 0.0269. The first-order valence-electron chi connectivity index (χ1n) is 6.24. The van der Waals surface area contributed by atoms with Gasteiger partial charge in [0.2, 0.25) is 0 Å². The standard InChI is InChI=1S/C13H27NO/c1-7-12(3,4)15-11-9-10(14-8-2)13(11,5)6/h10-11,14H,7-9H2,1-6H3. The Morgan fingerprint density at radius 1 is 1.33 bits per heavy atom. The zero-order valence-corrected chi connectivity index (χ0v) is 11.2. The molecule has 90 valence electrons. The normalized spacial score (nSPS) is 30.0. The van der Waals surface area contributed by atoms with Crippen LogP contribution in [-0.4, -0.2) is 24.3 Å². The maximum absolute atomic E-state index is 6.17. The van der Waals surface area contributed by atoms with Crippen molar-refractivity contribution in [1.82, 2.24) is 5.32 Å². The van der Waals surface area contributed by atoms with Crippen LogP contribution < -0.4 is 5.32 Å². The third-order valence-electron chi connectivity index (χ3n) is 3.94. The number of hydrogen-bond acceptors (Lipinski definition) is 2. The van der Waals surface area contributed by atoms with Crippen LogP contribution in [0.2, 0.25) is 0 Å². The summed E-state index contributed by atoms with van der Waals surface area (Å²) in [4.78, 5) is 0. The van der Waals surface area contributed by atoms with Gasteiger partial charge >= 0.3 is 0 Å². The first-order chi connectivity index (χ1) is 6.83. The van der Waals surface area contributed by atoms with Gasteiger partial charge in [0.05, 0.1) is 11.7 Å². The largest absolute Gasteiger partial charge is 0.372 e. The predicted molar refractivity (Wildman–Crippen MR) is 65.1 cm³/mol. The Hall–Kier alpha value is -0.0800. The lowest BCUT2D eigenvalue weighted by Gasteiger charge is -2.54. The van der Waals surface area contributed by atoms with Gasteiger partial charge in [0.15, 0.2) is 0 Å². The fraction of sp³-hybridized carbons (Fsp3) is 1.00. The van der Waals surface area contributed by atoms with Crippen LogP contribution in [0.15, 0.2) is 0 Å². The van der Waals surface area contributed by atoms with Crippen molar-refractivity contribution in [3.63, 3.8) is 0 Å². The molecule has 0 bridgehead atoms. The number of hydrogen-bond donors (Lipinski definition) is 1. The second-order valence-corrected chi connectivity index (χ2v) is 5.89. The molecule has 0 amide bonds. The Balaban J connectivity index is 2.48. The average molecular weight is 213 g/mol. The summed E-state index contributed by atoms with van der Waals surface area (Å²) < 4.78 is 6.17. The molecule has 2 nitrogen and oxygen atoms in total. The first-order valence-corrected chi connectivity index (χ1v) is 6.24. The molecule has 0 radical (unpaired) electrons. The van der Waals surface area contributed by atoms with E-state index >= 15 is 0 Å². The van der Waals surface area contributed by atoms with Crippen molar-refractivity contribution in [3.05, 3.63) is 0 Å². The van der Waals surface area contributed by atoms with E-state index in [1.165, 1.54) is 0 Å². The van der Waals surface area contributed by atoms with Gasteiger partial charge in [-0.1, -0.05) is 27.7 Å². The molecular weight excluding hydrogens is 186 g/mol. The minimum absolute atomic E-state index is 0.0269. The fourth-order valence-corrected chi connectivity index (χ4v) is 2.15. The van der Waals surface area contributed by atoms with Gasteiger partial charge in [-0.2, -0.15) is 0 Å². The van der Waals surface area contributed by atoms with Gasteiger partial charge in [-0.05, 0) is 33.2 Å². The maximum Gasteiger partial charge on any atom is 0.0663 e. The van der Waals surface area contributed by atoms with Crippen molar-refractivity contribution >= 4 is 0 Å². The third-order valence-corrected chi connectivity index (χ3v) is 3.94. The van der Waals surface area contributed by atoms with Gasteiger partial charge in [-0.15, -0.1) is 0 Å².